The van der Waals surface area contributed by atoms with Crippen LogP contribution in [0.15, 0.2) is 12.1 Å². The Balaban J connectivity index is 2.24. The van der Waals surface area contributed by atoms with Gasteiger partial charge in [0.25, 0.3) is 0 Å². The van der Waals surface area contributed by atoms with Gasteiger partial charge in [-0.15, -0.1) is 0 Å². The second-order valence-electron chi connectivity index (χ2n) is 4.51. The summed E-state index contributed by atoms with van der Waals surface area (Å²) in [5.41, 5.74) is 8.17. The van der Waals surface area contributed by atoms with Crippen LogP contribution in [0.4, 0.5) is 4.79 Å². The monoisotopic (exact) mass is 268 g/mol. The van der Waals surface area contributed by atoms with Gasteiger partial charge in [-0.1, -0.05) is 11.6 Å². The molecule has 1 aliphatic rings. The minimum atomic E-state index is -0.411. The predicted molar refractivity (Wildman–Crippen MR) is 71.0 cm³/mol. The minimum Gasteiger partial charge on any atom is -0.409 e. The second kappa shape index (κ2) is 5.16. The van der Waals surface area contributed by atoms with Gasteiger partial charge in [-0.25, -0.2) is 4.79 Å². The van der Waals surface area contributed by atoms with Gasteiger partial charge in [-0.2, -0.15) is 0 Å². The molecule has 0 aliphatic heterocycles. The van der Waals surface area contributed by atoms with Crippen LogP contribution in [-0.2, 0) is 6.42 Å². The van der Waals surface area contributed by atoms with Gasteiger partial charge in [0.15, 0.2) is 5.75 Å². The Hall–Kier alpha value is -1.26. The maximum Gasteiger partial charge on any atom is 0.415 e. The molecule has 0 spiro atoms. The van der Waals surface area contributed by atoms with Crippen molar-refractivity contribution in [1.29, 1.82) is 0 Å². The summed E-state index contributed by atoms with van der Waals surface area (Å²) in [5.74, 6) is 0.387. The van der Waals surface area contributed by atoms with Crippen molar-refractivity contribution in [3.05, 3.63) is 28.3 Å². The van der Waals surface area contributed by atoms with Crippen LogP contribution >= 0.6 is 11.6 Å². The van der Waals surface area contributed by atoms with Gasteiger partial charge < -0.3 is 15.4 Å². The van der Waals surface area contributed by atoms with E-state index in [1.807, 2.05) is 13.0 Å². The maximum atomic E-state index is 11.7. The first-order valence-corrected chi connectivity index (χ1v) is 6.41. The molecule has 0 saturated heterocycles. The molecule has 18 heavy (non-hydrogen) atoms. The molecule has 2 rings (SSSR count). The van der Waals surface area contributed by atoms with Crippen molar-refractivity contribution in [3.63, 3.8) is 0 Å². The average Bonchev–Trinajstić information content (AvgIpc) is 2.70. The van der Waals surface area contributed by atoms with Gasteiger partial charge in [0, 0.05) is 19.6 Å². The number of hydrogen-bond donors (Lipinski definition) is 1. The lowest BCUT2D eigenvalue weighted by molar-refractivity contribution is 0.165. The van der Waals surface area contributed by atoms with E-state index < -0.39 is 6.09 Å². The highest BCUT2D eigenvalue weighted by Gasteiger charge is 2.22. The summed E-state index contributed by atoms with van der Waals surface area (Å²) in [4.78, 5) is 13.2. The van der Waals surface area contributed by atoms with Crippen LogP contribution < -0.4 is 10.5 Å². The lowest BCUT2D eigenvalue weighted by Gasteiger charge is -2.16. The molecule has 2 N–H and O–H groups in total. The van der Waals surface area contributed by atoms with E-state index in [1.54, 1.807) is 13.1 Å². The molecule has 98 valence electrons. The highest BCUT2D eigenvalue weighted by atomic mass is 35.5. The summed E-state index contributed by atoms with van der Waals surface area (Å²) in [7, 11) is 1.68. The third-order valence-corrected chi connectivity index (χ3v) is 3.60. The summed E-state index contributed by atoms with van der Waals surface area (Å²) in [5, 5.41) is 0.459. The number of amides is 1. The third kappa shape index (κ3) is 2.44. The Labute approximate surface area is 112 Å². The van der Waals surface area contributed by atoms with Gasteiger partial charge in [0.2, 0.25) is 0 Å². The molecule has 0 aromatic heterocycles. The van der Waals surface area contributed by atoms with Crippen molar-refractivity contribution in [2.45, 2.75) is 25.8 Å². The summed E-state index contributed by atoms with van der Waals surface area (Å²) in [6.45, 7) is 2.46. The van der Waals surface area contributed by atoms with E-state index in [9.17, 15) is 4.79 Å². The molecule has 4 nitrogen and oxygen atoms in total. The van der Waals surface area contributed by atoms with Crippen molar-refractivity contribution < 1.29 is 9.53 Å². The largest absolute Gasteiger partial charge is 0.415 e. The molecule has 1 atom stereocenters. The van der Waals surface area contributed by atoms with E-state index in [1.165, 1.54) is 4.90 Å². The zero-order valence-electron chi connectivity index (χ0n) is 10.6. The van der Waals surface area contributed by atoms with Gasteiger partial charge >= 0.3 is 6.09 Å². The fraction of sp³-hybridized carbons (Fsp3) is 0.462. The van der Waals surface area contributed by atoms with Crippen LogP contribution in [0.5, 0.6) is 5.75 Å². The number of fused-ring (bicyclic) bond motifs is 1. The number of carbonyl (C=O) groups excluding carboxylic acids is 1. The number of rotatable bonds is 2. The number of halogens is 1. The molecule has 1 aromatic carbocycles. The number of aryl methyl sites for hydroxylation is 1. The van der Waals surface area contributed by atoms with E-state index in [2.05, 4.69) is 0 Å². The smallest absolute Gasteiger partial charge is 0.409 e. The molecular formula is C13H17ClN2O2. The Morgan fingerprint density at radius 1 is 1.61 bits per heavy atom. The Bertz CT molecular complexity index is 476. The predicted octanol–water partition coefficient (Wildman–Crippen LogP) is 2.74. The number of nitrogens with zero attached hydrogens (tertiary/aromatic N) is 1. The minimum absolute atomic E-state index is 0.0126. The Morgan fingerprint density at radius 2 is 2.33 bits per heavy atom. The van der Waals surface area contributed by atoms with Crippen molar-refractivity contribution in [2.24, 2.45) is 5.73 Å². The molecule has 5 heteroatoms. The van der Waals surface area contributed by atoms with Crippen LogP contribution in [0, 0.1) is 0 Å². The molecule has 0 saturated carbocycles. The highest BCUT2D eigenvalue weighted by Crippen LogP contribution is 2.37. The van der Waals surface area contributed by atoms with Crippen LogP contribution in [0.1, 0.15) is 30.5 Å². The van der Waals surface area contributed by atoms with Crippen molar-refractivity contribution in [2.75, 3.05) is 13.6 Å². The summed E-state index contributed by atoms with van der Waals surface area (Å²) >= 11 is 6.11. The number of carbonyl (C=O) groups is 1. The van der Waals surface area contributed by atoms with Crippen LogP contribution in [0.25, 0.3) is 0 Å². The Kier molecular flexibility index (Phi) is 3.78. The summed E-state index contributed by atoms with van der Waals surface area (Å²) in [6.07, 6.45) is 1.43. The fourth-order valence-electron chi connectivity index (χ4n) is 2.02. The number of benzene rings is 1. The van der Waals surface area contributed by atoms with E-state index in [4.69, 9.17) is 22.1 Å². The van der Waals surface area contributed by atoms with Crippen LogP contribution in [-0.4, -0.2) is 24.6 Å². The molecule has 1 aliphatic carbocycles. The van der Waals surface area contributed by atoms with Crippen molar-refractivity contribution >= 4 is 17.7 Å². The van der Waals surface area contributed by atoms with Crippen LogP contribution in [0.3, 0.4) is 0 Å². The highest BCUT2D eigenvalue weighted by molar-refractivity contribution is 6.32. The zero-order valence-corrected chi connectivity index (χ0v) is 11.3. The molecule has 0 heterocycles. The SMILES string of the molecule is CCN(C)C(=O)Oc1cc2c(cc1Cl)CCC2N. The topological polar surface area (TPSA) is 55.6 Å². The quantitative estimate of drug-likeness (QED) is 0.897. The lowest BCUT2D eigenvalue weighted by atomic mass is 10.1. The van der Waals surface area contributed by atoms with Gasteiger partial charge in [0.1, 0.15) is 0 Å². The van der Waals surface area contributed by atoms with E-state index >= 15 is 0 Å². The molecule has 1 unspecified atom stereocenters. The van der Waals surface area contributed by atoms with E-state index in [0.29, 0.717) is 17.3 Å². The number of ether oxygens (including phenoxy) is 1. The normalized spacial score (nSPS) is 17.4. The van der Waals surface area contributed by atoms with E-state index in [0.717, 1.165) is 24.0 Å². The summed E-state index contributed by atoms with van der Waals surface area (Å²) < 4.78 is 5.27. The third-order valence-electron chi connectivity index (χ3n) is 3.30. The first-order valence-electron chi connectivity index (χ1n) is 6.03. The van der Waals surface area contributed by atoms with Gasteiger partial charge in [0.05, 0.1) is 5.02 Å². The standard InChI is InChI=1S/C13H17ClN2O2/c1-3-16(2)13(17)18-12-7-9-8(6-10(12)14)4-5-11(9)15/h6-7,11H,3-5,15H2,1-2H3. The van der Waals surface area contributed by atoms with Crippen LogP contribution in [0.2, 0.25) is 5.02 Å². The molecule has 1 amide bonds. The summed E-state index contributed by atoms with van der Waals surface area (Å²) in [6, 6.07) is 3.65. The number of nitrogens with two attached hydrogens (primary N) is 1. The van der Waals surface area contributed by atoms with E-state index in [-0.39, 0.29) is 6.04 Å². The zero-order chi connectivity index (χ0) is 13.3. The fourth-order valence-corrected chi connectivity index (χ4v) is 2.24. The maximum absolute atomic E-state index is 11.7. The number of hydrogen-bond acceptors (Lipinski definition) is 3. The van der Waals surface area contributed by atoms with Crippen molar-refractivity contribution in [1.82, 2.24) is 4.90 Å². The average molecular weight is 269 g/mol. The van der Waals surface area contributed by atoms with Crippen molar-refractivity contribution in [3.8, 4) is 5.75 Å². The molecule has 0 radical (unpaired) electrons. The molecular weight excluding hydrogens is 252 g/mol. The molecule has 0 fully saturated rings. The first kappa shape index (κ1) is 13.2. The van der Waals surface area contributed by atoms with Gasteiger partial charge in [-0.3, -0.25) is 0 Å². The first-order chi connectivity index (χ1) is 8.52. The van der Waals surface area contributed by atoms with Gasteiger partial charge in [-0.05, 0) is 43.0 Å². The Morgan fingerprint density at radius 3 is 3.00 bits per heavy atom. The second-order valence-corrected chi connectivity index (χ2v) is 4.92. The molecule has 1 aromatic rings. The lowest BCUT2D eigenvalue weighted by Crippen LogP contribution is -2.29. The molecule has 0 bridgehead atoms.